The van der Waals surface area contributed by atoms with Crippen LogP contribution in [0.3, 0.4) is 0 Å². The number of nitrogens with one attached hydrogen (secondary N) is 1. The molecule has 33 heavy (non-hydrogen) atoms. The molecule has 1 amide bonds. The molecule has 1 atom stereocenters. The van der Waals surface area contributed by atoms with Crippen molar-refractivity contribution in [2.75, 3.05) is 34.3 Å². The van der Waals surface area contributed by atoms with E-state index in [4.69, 9.17) is 4.74 Å². The first-order valence-corrected chi connectivity index (χ1v) is 10.7. The van der Waals surface area contributed by atoms with Gasteiger partial charge < -0.3 is 24.4 Å². The Morgan fingerprint density at radius 1 is 0.879 bits per heavy atom. The summed E-state index contributed by atoms with van der Waals surface area (Å²) in [5.41, 5.74) is -1.00. The first-order chi connectivity index (χ1) is 15.3. The van der Waals surface area contributed by atoms with E-state index in [-0.39, 0.29) is 25.4 Å². The maximum atomic E-state index is 13.5. The van der Waals surface area contributed by atoms with Crippen LogP contribution in [0.25, 0.3) is 0 Å². The number of carboxylic acids is 1. The lowest BCUT2D eigenvalue weighted by Gasteiger charge is -2.30. The van der Waals surface area contributed by atoms with Crippen molar-refractivity contribution in [3.05, 3.63) is 34.6 Å². The minimum atomic E-state index is -2.20. The molecule has 0 heterocycles. The number of benzene rings is 1. The minimum absolute atomic E-state index is 0.0793. The lowest BCUT2D eigenvalue weighted by molar-refractivity contribution is -0.871. The van der Waals surface area contributed by atoms with Gasteiger partial charge in [-0.05, 0) is 12.8 Å². The average Bonchev–Trinajstić information content (AvgIpc) is 2.69. The molecule has 1 rings (SSSR count). The molecule has 188 valence electrons. The number of carbonyl (C=O) groups excluding carboxylic acids is 2. The van der Waals surface area contributed by atoms with E-state index in [0.717, 1.165) is 12.8 Å². The van der Waals surface area contributed by atoms with Gasteiger partial charge >= 0.3 is 0 Å². The first-order valence-electron chi connectivity index (χ1n) is 10.7. The van der Waals surface area contributed by atoms with Gasteiger partial charge in [0.1, 0.15) is 0 Å². The van der Waals surface area contributed by atoms with Crippen molar-refractivity contribution in [2.24, 2.45) is 0 Å². The Bertz CT molecular complexity index is 786. The van der Waals surface area contributed by atoms with Gasteiger partial charge in [0.15, 0.2) is 23.3 Å². The van der Waals surface area contributed by atoms with Crippen LogP contribution in [0.15, 0.2) is 0 Å². The van der Waals surface area contributed by atoms with Gasteiger partial charge in [-0.25, -0.2) is 22.0 Å². The van der Waals surface area contributed by atoms with Gasteiger partial charge in [-0.3, -0.25) is 4.79 Å². The number of amides is 1. The van der Waals surface area contributed by atoms with Crippen LogP contribution >= 0.6 is 0 Å². The van der Waals surface area contributed by atoms with Crippen LogP contribution in [-0.4, -0.2) is 56.7 Å². The van der Waals surface area contributed by atoms with Gasteiger partial charge in [0.25, 0.3) is 0 Å². The lowest BCUT2D eigenvalue weighted by atomic mass is 10.1. The molecule has 11 heteroatoms. The summed E-state index contributed by atoms with van der Waals surface area (Å²) < 4.78 is 71.9. The van der Waals surface area contributed by atoms with E-state index in [1.165, 1.54) is 0 Å². The number of nitrogens with zero attached hydrogens (tertiary/aromatic N) is 1. The molecule has 0 spiro atoms. The summed E-state index contributed by atoms with van der Waals surface area (Å²) >= 11 is 0. The summed E-state index contributed by atoms with van der Waals surface area (Å²) in [6.45, 7) is -0.201. The third-order valence-electron chi connectivity index (χ3n) is 4.79. The molecule has 0 aliphatic carbocycles. The number of hydrogen-bond acceptors (Lipinski definition) is 4. The molecule has 0 saturated carbocycles. The van der Waals surface area contributed by atoms with Crippen LogP contribution in [0.2, 0.25) is 0 Å². The van der Waals surface area contributed by atoms with Crippen molar-refractivity contribution < 1.29 is 45.9 Å². The number of quaternary nitrogens is 1. The van der Waals surface area contributed by atoms with Crippen molar-refractivity contribution in [3.8, 4) is 0 Å². The maximum absolute atomic E-state index is 13.5. The summed E-state index contributed by atoms with van der Waals surface area (Å²) in [6.07, 6.45) is 3.27. The summed E-state index contributed by atoms with van der Waals surface area (Å²) in [4.78, 5) is 22.9. The Kier molecular flexibility index (Phi) is 11.7. The number of ether oxygens (including phenoxy) is 1. The van der Waals surface area contributed by atoms with Crippen LogP contribution in [0.5, 0.6) is 0 Å². The highest BCUT2D eigenvalue weighted by Crippen LogP contribution is 2.23. The Morgan fingerprint density at radius 2 is 1.39 bits per heavy atom. The van der Waals surface area contributed by atoms with Gasteiger partial charge in [0.05, 0.1) is 45.9 Å². The molecule has 1 N–H and O–H groups in total. The third kappa shape index (κ3) is 10.5. The fourth-order valence-electron chi connectivity index (χ4n) is 3.29. The van der Waals surface area contributed by atoms with E-state index >= 15 is 0 Å². The van der Waals surface area contributed by atoms with Crippen LogP contribution in [0.4, 0.5) is 22.0 Å². The number of carbonyl (C=O) groups is 2. The van der Waals surface area contributed by atoms with Gasteiger partial charge in [-0.1, -0.05) is 19.3 Å². The van der Waals surface area contributed by atoms with E-state index in [9.17, 15) is 36.6 Å². The van der Waals surface area contributed by atoms with E-state index in [1.54, 1.807) is 0 Å². The zero-order valence-electron chi connectivity index (χ0n) is 19.1. The number of halogens is 5. The highest BCUT2D eigenvalue weighted by Gasteiger charge is 2.25. The molecule has 1 aromatic rings. The second-order valence-corrected chi connectivity index (χ2v) is 8.93. The fourth-order valence-corrected chi connectivity index (χ4v) is 3.29. The lowest BCUT2D eigenvalue weighted by Crippen LogP contribution is -2.50. The zero-order valence-corrected chi connectivity index (χ0v) is 19.1. The summed E-state index contributed by atoms with van der Waals surface area (Å²) in [7, 11) is 5.67. The molecule has 6 nitrogen and oxygen atoms in total. The highest BCUT2D eigenvalue weighted by atomic mass is 19.2. The van der Waals surface area contributed by atoms with Crippen molar-refractivity contribution in [1.82, 2.24) is 5.32 Å². The minimum Gasteiger partial charge on any atom is -0.550 e. The van der Waals surface area contributed by atoms with Crippen LogP contribution < -0.4 is 10.4 Å². The summed E-state index contributed by atoms with van der Waals surface area (Å²) in [5.74, 6) is -11.5. The standard InChI is InChI=1S/C22H31F5N2O4/c1-29(2,3)12-14(11-17(31)32)28-16(30)9-7-5-4-6-8-10-33-13-15-18(23)20(25)22(27)21(26)19(15)24/h14H,4-13H2,1-3H3,(H-,28,30,31,32)/t14-/m1/s1. The van der Waals surface area contributed by atoms with Crippen molar-refractivity contribution in [2.45, 2.75) is 57.6 Å². The number of hydrogen-bond donors (Lipinski definition) is 1. The fraction of sp³-hybridized carbons (Fsp3) is 0.636. The molecule has 0 aromatic heterocycles. The maximum Gasteiger partial charge on any atom is 0.220 e. The Labute approximate surface area is 190 Å². The SMILES string of the molecule is C[N+](C)(C)C[C@@H](CC(=O)[O-])NC(=O)CCCCCCCOCc1c(F)c(F)c(F)c(F)c1F. The predicted octanol–water partition coefficient (Wildman–Crippen LogP) is 2.57. The van der Waals surface area contributed by atoms with Gasteiger partial charge in [-0.15, -0.1) is 0 Å². The molecule has 0 aliphatic rings. The van der Waals surface area contributed by atoms with E-state index < -0.39 is 53.3 Å². The van der Waals surface area contributed by atoms with Crippen molar-refractivity contribution in [1.29, 1.82) is 0 Å². The molecule has 0 aliphatic heterocycles. The molecule has 0 saturated heterocycles. The van der Waals surface area contributed by atoms with Gasteiger partial charge in [-0.2, -0.15) is 0 Å². The number of unbranched alkanes of at least 4 members (excludes halogenated alkanes) is 4. The van der Waals surface area contributed by atoms with Crippen LogP contribution in [0.1, 0.15) is 50.5 Å². The first kappa shape index (κ1) is 28.8. The molecule has 0 unspecified atom stereocenters. The Morgan fingerprint density at radius 3 is 1.94 bits per heavy atom. The van der Waals surface area contributed by atoms with E-state index in [2.05, 4.69) is 5.32 Å². The van der Waals surface area contributed by atoms with Gasteiger partial charge in [0.2, 0.25) is 11.7 Å². The Hall–Kier alpha value is -2.27. The number of aliphatic carboxylic acids is 1. The number of likely N-dealkylation sites (N-methyl/N-ethyl adjacent to an activating group) is 1. The number of rotatable bonds is 15. The van der Waals surface area contributed by atoms with Crippen LogP contribution in [-0.2, 0) is 20.9 Å². The third-order valence-corrected chi connectivity index (χ3v) is 4.79. The molecular weight excluding hydrogens is 451 g/mol. The largest absolute Gasteiger partial charge is 0.550 e. The second-order valence-electron chi connectivity index (χ2n) is 8.93. The van der Waals surface area contributed by atoms with Crippen molar-refractivity contribution >= 4 is 11.9 Å². The molecule has 0 fully saturated rings. The molecule has 0 bridgehead atoms. The highest BCUT2D eigenvalue weighted by molar-refractivity contribution is 5.77. The predicted molar refractivity (Wildman–Crippen MR) is 108 cm³/mol. The molecule has 0 radical (unpaired) electrons. The van der Waals surface area contributed by atoms with Crippen molar-refractivity contribution in [3.63, 3.8) is 0 Å². The molecular formula is C22H31F5N2O4. The van der Waals surface area contributed by atoms with E-state index in [0.29, 0.717) is 30.3 Å². The van der Waals surface area contributed by atoms with E-state index in [1.807, 2.05) is 21.1 Å². The topological polar surface area (TPSA) is 78.5 Å². The Balaban J connectivity index is 2.23. The zero-order chi connectivity index (χ0) is 25.2. The second kappa shape index (κ2) is 13.4. The monoisotopic (exact) mass is 482 g/mol. The van der Waals surface area contributed by atoms with Crippen LogP contribution in [0, 0.1) is 29.1 Å². The summed E-state index contributed by atoms with van der Waals surface area (Å²) in [5, 5.41) is 13.6. The average molecular weight is 482 g/mol. The number of carboxylic acid groups (broad SMARTS) is 1. The van der Waals surface area contributed by atoms with Gasteiger partial charge in [0, 0.05) is 25.4 Å². The normalized spacial score (nSPS) is 12.6. The quantitative estimate of drug-likeness (QED) is 0.137. The summed E-state index contributed by atoms with van der Waals surface area (Å²) in [6, 6.07) is -0.516. The molecule has 1 aromatic carbocycles. The smallest absolute Gasteiger partial charge is 0.220 e.